The van der Waals surface area contributed by atoms with Crippen molar-refractivity contribution in [2.24, 2.45) is 5.41 Å². The van der Waals surface area contributed by atoms with Gasteiger partial charge in [0.2, 0.25) is 5.91 Å². The lowest BCUT2D eigenvalue weighted by molar-refractivity contribution is -0.384. The van der Waals surface area contributed by atoms with Crippen LogP contribution in [0.1, 0.15) is 12.8 Å². The number of benzene rings is 1. The van der Waals surface area contributed by atoms with E-state index in [4.69, 9.17) is 0 Å². The van der Waals surface area contributed by atoms with Crippen LogP contribution in [0.15, 0.2) is 22.7 Å². The molecule has 1 aromatic rings. The lowest BCUT2D eigenvalue weighted by Crippen LogP contribution is -2.59. The van der Waals surface area contributed by atoms with E-state index in [1.54, 1.807) is 0 Å². The molecule has 0 aromatic heterocycles. The first-order valence-corrected chi connectivity index (χ1v) is 6.80. The van der Waals surface area contributed by atoms with Gasteiger partial charge >= 0.3 is 6.03 Å². The number of urea groups is 1. The Morgan fingerprint density at radius 1 is 1.29 bits per heavy atom. The van der Waals surface area contributed by atoms with E-state index in [0.717, 1.165) is 4.90 Å². The quantitative estimate of drug-likeness (QED) is 0.494. The van der Waals surface area contributed by atoms with Crippen LogP contribution in [-0.2, 0) is 9.59 Å². The summed E-state index contributed by atoms with van der Waals surface area (Å²) in [5, 5.41) is 12.9. The summed E-state index contributed by atoms with van der Waals surface area (Å²) < 4.78 is 0.227. The molecule has 1 N–H and O–H groups in total. The van der Waals surface area contributed by atoms with E-state index < -0.39 is 28.2 Å². The summed E-state index contributed by atoms with van der Waals surface area (Å²) in [5.74, 6) is -1.17. The van der Waals surface area contributed by atoms with Gasteiger partial charge in [-0.1, -0.05) is 0 Å². The number of carbonyl (C=O) groups is 3. The lowest BCUT2D eigenvalue weighted by Gasteiger charge is -2.30. The number of carbonyl (C=O) groups excluding carboxylic acids is 3. The van der Waals surface area contributed by atoms with Crippen molar-refractivity contribution in [1.29, 1.82) is 0 Å². The second-order valence-electron chi connectivity index (χ2n) is 4.87. The number of nitro benzene ring substituents is 1. The van der Waals surface area contributed by atoms with Crippen LogP contribution in [0.25, 0.3) is 0 Å². The topological polar surface area (TPSA) is 110 Å². The van der Waals surface area contributed by atoms with Crippen LogP contribution in [0.5, 0.6) is 0 Å². The lowest BCUT2D eigenvalue weighted by atomic mass is 10.0. The number of nitro groups is 1. The Labute approximate surface area is 126 Å². The number of rotatable bonds is 2. The van der Waals surface area contributed by atoms with E-state index in [1.807, 2.05) is 0 Å². The van der Waals surface area contributed by atoms with Gasteiger partial charge in [0.25, 0.3) is 11.6 Å². The fraction of sp³-hybridized carbons (Fsp3) is 0.250. The number of imide groups is 2. The molecule has 0 unspecified atom stereocenters. The zero-order valence-corrected chi connectivity index (χ0v) is 12.0. The molecule has 21 heavy (non-hydrogen) atoms. The van der Waals surface area contributed by atoms with Crippen LogP contribution >= 0.6 is 15.9 Å². The summed E-state index contributed by atoms with van der Waals surface area (Å²) in [5.41, 5.74) is -1.16. The minimum Gasteiger partial charge on any atom is -0.276 e. The van der Waals surface area contributed by atoms with Crippen LogP contribution in [0.2, 0.25) is 0 Å². The number of anilines is 1. The summed E-state index contributed by atoms with van der Waals surface area (Å²) in [6.45, 7) is 0. The molecule has 9 heteroatoms. The van der Waals surface area contributed by atoms with Crippen LogP contribution in [0, 0.1) is 15.5 Å². The van der Waals surface area contributed by atoms with Crippen molar-refractivity contribution >= 4 is 45.2 Å². The number of hydrogen-bond donors (Lipinski definition) is 1. The standard InChI is InChI=1S/C12H8BrN3O5/c13-7-5-6(16(20)21)1-2-8(7)15-10(18)12(3-4-12)9(17)14-11(15)19/h1-2,5H,3-4H2,(H,14,17,19). The fourth-order valence-corrected chi connectivity index (χ4v) is 2.80. The van der Waals surface area contributed by atoms with Crippen LogP contribution in [0.4, 0.5) is 16.2 Å². The van der Waals surface area contributed by atoms with Gasteiger partial charge in [-0.3, -0.25) is 25.0 Å². The van der Waals surface area contributed by atoms with E-state index in [0.29, 0.717) is 12.8 Å². The summed E-state index contributed by atoms with van der Waals surface area (Å²) in [4.78, 5) is 47.0. The SMILES string of the molecule is O=C1NC(=O)C2(CC2)C(=O)N1c1ccc([N+](=O)[O-])cc1Br. The van der Waals surface area contributed by atoms with Gasteiger partial charge < -0.3 is 0 Å². The maximum absolute atomic E-state index is 12.4. The van der Waals surface area contributed by atoms with Crippen molar-refractivity contribution in [3.05, 3.63) is 32.8 Å². The molecule has 1 spiro atoms. The van der Waals surface area contributed by atoms with Gasteiger partial charge in [-0.05, 0) is 34.8 Å². The molecule has 1 aliphatic heterocycles. The third-order valence-corrected chi connectivity index (χ3v) is 4.24. The molecule has 1 saturated heterocycles. The Balaban J connectivity index is 2.03. The summed E-state index contributed by atoms with van der Waals surface area (Å²) >= 11 is 3.12. The van der Waals surface area contributed by atoms with Crippen molar-refractivity contribution in [2.75, 3.05) is 4.90 Å². The van der Waals surface area contributed by atoms with Crippen molar-refractivity contribution in [1.82, 2.24) is 5.32 Å². The first-order chi connectivity index (χ1) is 9.86. The highest BCUT2D eigenvalue weighted by Crippen LogP contribution is 2.50. The number of amides is 4. The average molecular weight is 354 g/mol. The van der Waals surface area contributed by atoms with Crippen molar-refractivity contribution in [3.63, 3.8) is 0 Å². The maximum Gasteiger partial charge on any atom is 0.335 e. The number of nitrogens with one attached hydrogen (secondary N) is 1. The minimum absolute atomic E-state index is 0.168. The van der Waals surface area contributed by atoms with Gasteiger partial charge in [0, 0.05) is 16.6 Å². The largest absolute Gasteiger partial charge is 0.335 e. The molecule has 1 aromatic carbocycles. The van der Waals surface area contributed by atoms with Gasteiger partial charge in [-0.2, -0.15) is 0 Å². The Morgan fingerprint density at radius 2 is 1.95 bits per heavy atom. The number of barbiturate groups is 1. The molecule has 0 bridgehead atoms. The summed E-state index contributed by atoms with van der Waals surface area (Å²) in [7, 11) is 0. The zero-order chi connectivity index (χ0) is 15.4. The van der Waals surface area contributed by atoms with E-state index >= 15 is 0 Å². The third-order valence-electron chi connectivity index (χ3n) is 3.60. The van der Waals surface area contributed by atoms with E-state index in [9.17, 15) is 24.5 Å². The molecule has 3 rings (SSSR count). The minimum atomic E-state index is -1.16. The Bertz CT molecular complexity index is 713. The molecule has 1 saturated carbocycles. The molecular weight excluding hydrogens is 346 g/mol. The predicted octanol–water partition coefficient (Wildman–Crippen LogP) is 1.72. The first kappa shape index (κ1) is 13.7. The second-order valence-corrected chi connectivity index (χ2v) is 5.73. The molecule has 1 heterocycles. The van der Waals surface area contributed by atoms with Crippen molar-refractivity contribution in [2.45, 2.75) is 12.8 Å². The number of nitrogens with zero attached hydrogens (tertiary/aromatic N) is 2. The predicted molar refractivity (Wildman–Crippen MR) is 73.5 cm³/mol. The normalized spacial score (nSPS) is 19.7. The highest BCUT2D eigenvalue weighted by molar-refractivity contribution is 9.10. The van der Waals surface area contributed by atoms with Gasteiger partial charge in [0.05, 0.1) is 10.6 Å². The van der Waals surface area contributed by atoms with Crippen LogP contribution in [0.3, 0.4) is 0 Å². The third kappa shape index (κ3) is 1.92. The number of halogens is 1. The highest BCUT2D eigenvalue weighted by atomic mass is 79.9. The first-order valence-electron chi connectivity index (χ1n) is 6.01. The molecule has 2 fully saturated rings. The van der Waals surface area contributed by atoms with Crippen LogP contribution < -0.4 is 10.2 Å². The molecule has 2 aliphatic rings. The average Bonchev–Trinajstić information content (AvgIpc) is 3.20. The highest BCUT2D eigenvalue weighted by Gasteiger charge is 2.62. The monoisotopic (exact) mass is 353 g/mol. The van der Waals surface area contributed by atoms with E-state index in [2.05, 4.69) is 21.2 Å². The van der Waals surface area contributed by atoms with Crippen molar-refractivity contribution < 1.29 is 19.3 Å². The van der Waals surface area contributed by atoms with Crippen molar-refractivity contribution in [3.8, 4) is 0 Å². The molecule has 4 amide bonds. The Morgan fingerprint density at radius 3 is 2.48 bits per heavy atom. The second kappa shape index (κ2) is 4.35. The van der Waals surface area contributed by atoms with Gasteiger partial charge in [0.1, 0.15) is 5.41 Å². The maximum atomic E-state index is 12.4. The molecule has 0 atom stereocenters. The zero-order valence-electron chi connectivity index (χ0n) is 10.5. The van der Waals surface area contributed by atoms with Gasteiger partial charge in [0.15, 0.2) is 0 Å². The Kier molecular flexibility index (Phi) is 2.84. The molecule has 108 valence electrons. The smallest absolute Gasteiger partial charge is 0.276 e. The van der Waals surface area contributed by atoms with Gasteiger partial charge in [-0.15, -0.1) is 0 Å². The van der Waals surface area contributed by atoms with E-state index in [-0.39, 0.29) is 15.8 Å². The number of hydrogen-bond acceptors (Lipinski definition) is 5. The molecule has 1 aliphatic carbocycles. The molecular formula is C12H8BrN3O5. The fourth-order valence-electron chi connectivity index (χ4n) is 2.25. The molecule has 8 nitrogen and oxygen atoms in total. The Hall–Kier alpha value is -2.29. The number of non-ortho nitro benzene ring substituents is 1. The summed E-state index contributed by atoms with van der Waals surface area (Å²) in [6.07, 6.45) is 0.790. The summed E-state index contributed by atoms with van der Waals surface area (Å²) in [6, 6.07) is 2.84. The van der Waals surface area contributed by atoms with Crippen LogP contribution in [-0.4, -0.2) is 22.8 Å². The van der Waals surface area contributed by atoms with Gasteiger partial charge in [-0.25, -0.2) is 9.69 Å². The van der Waals surface area contributed by atoms with E-state index in [1.165, 1.54) is 18.2 Å². The molecule has 0 radical (unpaired) electrons.